The van der Waals surface area contributed by atoms with Gasteiger partial charge in [0.05, 0.1) is 0 Å². The van der Waals surface area contributed by atoms with E-state index in [1.807, 2.05) is 12.1 Å². The number of halogens is 1. The van der Waals surface area contributed by atoms with Gasteiger partial charge in [0.25, 0.3) is 0 Å². The number of piperidine rings is 1. The second-order valence-electron chi connectivity index (χ2n) is 5.81. The third kappa shape index (κ3) is 5.71. The van der Waals surface area contributed by atoms with E-state index < -0.39 is 6.03 Å². The summed E-state index contributed by atoms with van der Waals surface area (Å²) >= 11 is 0. The fourth-order valence-corrected chi connectivity index (χ4v) is 3.01. The summed E-state index contributed by atoms with van der Waals surface area (Å²) in [6, 6.07) is 6.86. The topological polar surface area (TPSA) is 67.2 Å². The Morgan fingerprint density at radius 1 is 1.38 bits per heavy atom. The highest BCUT2D eigenvalue weighted by atomic mass is 19.1. The molecule has 21 heavy (non-hydrogen) atoms. The van der Waals surface area contributed by atoms with Crippen LogP contribution < -0.4 is 16.4 Å². The van der Waals surface area contributed by atoms with Gasteiger partial charge in [-0.1, -0.05) is 12.1 Å². The first-order chi connectivity index (χ1) is 10.1. The van der Waals surface area contributed by atoms with Crippen molar-refractivity contribution in [1.82, 2.24) is 10.6 Å². The summed E-state index contributed by atoms with van der Waals surface area (Å²) in [7, 11) is 0. The Morgan fingerprint density at radius 3 is 2.86 bits per heavy atom. The second kappa shape index (κ2) is 7.98. The number of hydrogen-bond donors (Lipinski definition) is 3. The van der Waals surface area contributed by atoms with Crippen LogP contribution in [-0.4, -0.2) is 25.2 Å². The number of primary amides is 1. The highest BCUT2D eigenvalue weighted by Crippen LogP contribution is 2.23. The Labute approximate surface area is 125 Å². The van der Waals surface area contributed by atoms with Crippen molar-refractivity contribution >= 4 is 6.03 Å². The number of amides is 2. The van der Waals surface area contributed by atoms with Crippen molar-refractivity contribution in [3.63, 3.8) is 0 Å². The Bertz CT molecular complexity index is 449. The zero-order valence-corrected chi connectivity index (χ0v) is 12.3. The average molecular weight is 293 g/mol. The van der Waals surface area contributed by atoms with Gasteiger partial charge in [0, 0.05) is 12.6 Å². The summed E-state index contributed by atoms with van der Waals surface area (Å²) in [6.45, 7) is 1.66. The van der Waals surface area contributed by atoms with E-state index >= 15 is 0 Å². The van der Waals surface area contributed by atoms with Crippen LogP contribution in [0.25, 0.3) is 0 Å². The molecule has 1 aliphatic rings. The van der Waals surface area contributed by atoms with E-state index in [2.05, 4.69) is 10.6 Å². The highest BCUT2D eigenvalue weighted by molar-refractivity contribution is 5.71. The monoisotopic (exact) mass is 293 g/mol. The first-order valence-corrected chi connectivity index (χ1v) is 7.64. The van der Waals surface area contributed by atoms with Crippen molar-refractivity contribution < 1.29 is 9.18 Å². The average Bonchev–Trinajstić information content (AvgIpc) is 2.46. The number of carbonyl (C=O) groups excluding carboxylic acids is 1. The minimum absolute atomic E-state index is 0.177. The van der Waals surface area contributed by atoms with E-state index in [1.54, 1.807) is 0 Å². The van der Waals surface area contributed by atoms with Crippen molar-refractivity contribution in [2.75, 3.05) is 13.1 Å². The Balaban J connectivity index is 1.72. The molecule has 1 aromatic carbocycles. The lowest BCUT2D eigenvalue weighted by Gasteiger charge is -2.30. The predicted molar refractivity (Wildman–Crippen MR) is 81.4 cm³/mol. The molecule has 1 saturated heterocycles. The number of benzene rings is 1. The van der Waals surface area contributed by atoms with Crippen molar-refractivity contribution in [2.45, 2.75) is 38.1 Å². The third-order valence-corrected chi connectivity index (χ3v) is 4.07. The summed E-state index contributed by atoms with van der Waals surface area (Å²) in [5.74, 6) is 0.467. The third-order valence-electron chi connectivity index (χ3n) is 4.07. The van der Waals surface area contributed by atoms with Gasteiger partial charge in [0.15, 0.2) is 0 Å². The quantitative estimate of drug-likeness (QED) is 0.704. The molecule has 4 nitrogen and oxygen atoms in total. The smallest absolute Gasteiger partial charge is 0.312 e. The Morgan fingerprint density at radius 2 is 2.14 bits per heavy atom. The Hall–Kier alpha value is -1.62. The summed E-state index contributed by atoms with van der Waals surface area (Å²) in [6.07, 6.45) is 5.28. The van der Waals surface area contributed by atoms with E-state index in [-0.39, 0.29) is 5.82 Å². The van der Waals surface area contributed by atoms with E-state index in [1.165, 1.54) is 17.7 Å². The van der Waals surface area contributed by atoms with Gasteiger partial charge in [0.2, 0.25) is 0 Å². The number of urea groups is 1. The van der Waals surface area contributed by atoms with Gasteiger partial charge in [-0.3, -0.25) is 0 Å². The highest BCUT2D eigenvalue weighted by Gasteiger charge is 2.21. The van der Waals surface area contributed by atoms with Crippen LogP contribution in [-0.2, 0) is 6.42 Å². The molecule has 2 unspecified atom stereocenters. The van der Waals surface area contributed by atoms with Crippen LogP contribution in [0.5, 0.6) is 0 Å². The van der Waals surface area contributed by atoms with Crippen molar-refractivity contribution in [1.29, 1.82) is 0 Å². The molecule has 0 bridgehead atoms. The van der Waals surface area contributed by atoms with Crippen molar-refractivity contribution in [2.24, 2.45) is 11.7 Å². The minimum atomic E-state index is -0.458. The molecule has 0 aliphatic carbocycles. The molecule has 1 heterocycles. The van der Waals surface area contributed by atoms with Gasteiger partial charge >= 0.3 is 6.03 Å². The normalized spacial score (nSPS) is 22.0. The number of nitrogens with one attached hydrogen (secondary N) is 2. The summed E-state index contributed by atoms with van der Waals surface area (Å²) < 4.78 is 12.9. The first-order valence-electron chi connectivity index (χ1n) is 7.64. The fraction of sp³-hybridized carbons (Fsp3) is 0.562. The Kier molecular flexibility index (Phi) is 5.99. The molecule has 4 N–H and O–H groups in total. The lowest BCUT2D eigenvalue weighted by Crippen LogP contribution is -2.39. The van der Waals surface area contributed by atoms with Gasteiger partial charge in [-0.05, 0) is 62.3 Å². The number of hydrogen-bond acceptors (Lipinski definition) is 2. The summed E-state index contributed by atoms with van der Waals surface area (Å²) in [5.41, 5.74) is 6.24. The fourth-order valence-electron chi connectivity index (χ4n) is 3.01. The van der Waals surface area contributed by atoms with E-state index in [4.69, 9.17) is 5.73 Å². The molecular formula is C16H24FN3O. The largest absolute Gasteiger partial charge is 0.352 e. The molecule has 0 radical (unpaired) electrons. The molecule has 2 amide bonds. The molecular weight excluding hydrogens is 269 g/mol. The molecule has 2 rings (SSSR count). The standard InChI is InChI=1S/C16H24FN3O/c17-14-5-3-12(4-6-14)10-13-7-9-19-15(11-13)2-1-8-20-16(18)21/h3-6,13,15,19H,1-2,7-11H2,(H3,18,20,21). The van der Waals surface area contributed by atoms with Crippen LogP contribution >= 0.6 is 0 Å². The summed E-state index contributed by atoms with van der Waals surface area (Å²) in [4.78, 5) is 10.6. The molecule has 5 heteroatoms. The van der Waals surface area contributed by atoms with Crippen LogP contribution in [0.15, 0.2) is 24.3 Å². The maximum Gasteiger partial charge on any atom is 0.312 e. The zero-order valence-electron chi connectivity index (χ0n) is 12.3. The summed E-state index contributed by atoms with van der Waals surface area (Å²) in [5, 5.41) is 6.15. The number of rotatable bonds is 6. The molecule has 116 valence electrons. The first kappa shape index (κ1) is 15.8. The van der Waals surface area contributed by atoms with Crippen LogP contribution in [0.3, 0.4) is 0 Å². The maximum absolute atomic E-state index is 12.9. The number of nitrogens with two attached hydrogens (primary N) is 1. The van der Waals surface area contributed by atoms with Crippen molar-refractivity contribution in [3.8, 4) is 0 Å². The molecule has 2 atom stereocenters. The van der Waals surface area contributed by atoms with Crippen LogP contribution in [0.4, 0.5) is 9.18 Å². The van der Waals surface area contributed by atoms with Crippen LogP contribution in [0, 0.1) is 11.7 Å². The second-order valence-corrected chi connectivity index (χ2v) is 5.81. The lowest BCUT2D eigenvalue weighted by atomic mass is 9.86. The van der Waals surface area contributed by atoms with Gasteiger partial charge in [-0.2, -0.15) is 0 Å². The molecule has 0 saturated carbocycles. The molecule has 0 spiro atoms. The molecule has 1 aromatic rings. The lowest BCUT2D eigenvalue weighted by molar-refractivity contribution is 0.247. The van der Waals surface area contributed by atoms with Gasteiger partial charge in [-0.15, -0.1) is 0 Å². The van der Waals surface area contributed by atoms with Gasteiger partial charge in [0.1, 0.15) is 5.82 Å². The van der Waals surface area contributed by atoms with Gasteiger partial charge in [-0.25, -0.2) is 9.18 Å². The minimum Gasteiger partial charge on any atom is -0.352 e. The molecule has 1 fully saturated rings. The number of carbonyl (C=O) groups is 1. The van der Waals surface area contributed by atoms with Crippen LogP contribution in [0.2, 0.25) is 0 Å². The van der Waals surface area contributed by atoms with E-state index in [9.17, 15) is 9.18 Å². The SMILES string of the molecule is NC(=O)NCCCC1CC(Cc2ccc(F)cc2)CCN1. The van der Waals surface area contributed by atoms with Gasteiger partial charge < -0.3 is 16.4 Å². The molecule has 0 aromatic heterocycles. The predicted octanol–water partition coefficient (Wildman–Crippen LogP) is 2.18. The molecule has 1 aliphatic heterocycles. The zero-order chi connectivity index (χ0) is 15.1. The van der Waals surface area contributed by atoms with E-state index in [0.717, 1.165) is 38.6 Å². The maximum atomic E-state index is 12.9. The van der Waals surface area contributed by atoms with Crippen molar-refractivity contribution in [3.05, 3.63) is 35.6 Å². The van der Waals surface area contributed by atoms with Crippen LogP contribution in [0.1, 0.15) is 31.2 Å². The van der Waals surface area contributed by atoms with E-state index in [0.29, 0.717) is 18.5 Å².